The van der Waals surface area contributed by atoms with Crippen LogP contribution in [0.5, 0.6) is 0 Å². The molecular formula is C15H19ClO. The summed E-state index contributed by atoms with van der Waals surface area (Å²) < 4.78 is 0. The molecule has 2 rings (SSSR count). The summed E-state index contributed by atoms with van der Waals surface area (Å²) in [6, 6.07) is 8.02. The third kappa shape index (κ3) is 3.32. The summed E-state index contributed by atoms with van der Waals surface area (Å²) in [4.78, 5) is 11.6. The average Bonchev–Trinajstić information content (AvgIpc) is 2.32. The van der Waals surface area contributed by atoms with Crippen molar-refractivity contribution < 1.29 is 4.79 Å². The quantitative estimate of drug-likeness (QED) is 0.783. The third-order valence-electron chi connectivity index (χ3n) is 3.89. The number of halogens is 1. The van der Waals surface area contributed by atoms with Gasteiger partial charge in [-0.3, -0.25) is 4.79 Å². The zero-order valence-electron chi connectivity index (χ0n) is 10.3. The van der Waals surface area contributed by atoms with Gasteiger partial charge in [0.2, 0.25) is 0 Å². The molecule has 92 valence electrons. The summed E-state index contributed by atoms with van der Waals surface area (Å²) in [5, 5.41) is 0.778. The first-order valence-electron chi connectivity index (χ1n) is 6.45. The molecule has 2 unspecified atom stereocenters. The summed E-state index contributed by atoms with van der Waals surface area (Å²) in [5.74, 6) is 1.68. The minimum atomic E-state index is 0.439. The summed E-state index contributed by atoms with van der Waals surface area (Å²) >= 11 is 5.88. The van der Waals surface area contributed by atoms with Gasteiger partial charge in [-0.2, -0.15) is 0 Å². The first-order chi connectivity index (χ1) is 8.19. The zero-order valence-corrected chi connectivity index (χ0v) is 11.0. The second kappa shape index (κ2) is 5.68. The van der Waals surface area contributed by atoms with Gasteiger partial charge in [0.1, 0.15) is 5.78 Å². The molecule has 1 fully saturated rings. The molecule has 2 heteroatoms. The van der Waals surface area contributed by atoms with Crippen molar-refractivity contribution in [1.82, 2.24) is 0 Å². The average molecular weight is 251 g/mol. The van der Waals surface area contributed by atoms with Gasteiger partial charge in [-0.15, -0.1) is 0 Å². The molecule has 17 heavy (non-hydrogen) atoms. The van der Waals surface area contributed by atoms with Gasteiger partial charge in [-0.1, -0.05) is 37.1 Å². The van der Waals surface area contributed by atoms with E-state index in [9.17, 15) is 4.79 Å². The van der Waals surface area contributed by atoms with Gasteiger partial charge in [-0.25, -0.2) is 0 Å². The second-order valence-corrected chi connectivity index (χ2v) is 5.48. The Bertz CT molecular complexity index is 382. The summed E-state index contributed by atoms with van der Waals surface area (Å²) in [5.41, 5.74) is 1.30. The van der Waals surface area contributed by atoms with E-state index in [0.717, 1.165) is 30.7 Å². The normalized spacial score (nSPS) is 24.9. The van der Waals surface area contributed by atoms with Crippen LogP contribution in [-0.4, -0.2) is 5.78 Å². The predicted molar refractivity (Wildman–Crippen MR) is 71.3 cm³/mol. The number of carbonyl (C=O) groups excluding carboxylic acids is 1. The van der Waals surface area contributed by atoms with Crippen molar-refractivity contribution in [2.75, 3.05) is 0 Å². The highest BCUT2D eigenvalue weighted by molar-refractivity contribution is 6.30. The molecule has 1 saturated carbocycles. The van der Waals surface area contributed by atoms with Gasteiger partial charge in [0.25, 0.3) is 0 Å². The highest BCUT2D eigenvalue weighted by Crippen LogP contribution is 2.33. The Labute approximate surface area is 108 Å². The molecule has 1 aromatic carbocycles. The lowest BCUT2D eigenvalue weighted by atomic mass is 9.74. The van der Waals surface area contributed by atoms with Crippen LogP contribution in [0.3, 0.4) is 0 Å². The Morgan fingerprint density at radius 2 is 1.94 bits per heavy atom. The smallest absolute Gasteiger partial charge is 0.133 e. The SMILES string of the molecule is CCC1CCC(=O)CC1Cc1ccc(Cl)cc1. The summed E-state index contributed by atoms with van der Waals surface area (Å²) in [7, 11) is 0. The summed E-state index contributed by atoms with van der Waals surface area (Å²) in [6.07, 6.45) is 4.83. The number of benzene rings is 1. The fourth-order valence-electron chi connectivity index (χ4n) is 2.84. The van der Waals surface area contributed by atoms with Crippen LogP contribution in [0.1, 0.15) is 38.2 Å². The first-order valence-corrected chi connectivity index (χ1v) is 6.83. The lowest BCUT2D eigenvalue weighted by molar-refractivity contribution is -0.122. The van der Waals surface area contributed by atoms with Gasteiger partial charge in [0.15, 0.2) is 0 Å². The van der Waals surface area contributed by atoms with Crippen LogP contribution in [0, 0.1) is 11.8 Å². The van der Waals surface area contributed by atoms with Crippen molar-refractivity contribution in [3.63, 3.8) is 0 Å². The molecule has 0 amide bonds. The Hall–Kier alpha value is -0.820. The van der Waals surface area contributed by atoms with Crippen LogP contribution < -0.4 is 0 Å². The Morgan fingerprint density at radius 3 is 2.59 bits per heavy atom. The lowest BCUT2D eigenvalue weighted by Gasteiger charge is -2.30. The van der Waals surface area contributed by atoms with Crippen LogP contribution in [-0.2, 0) is 11.2 Å². The van der Waals surface area contributed by atoms with E-state index in [-0.39, 0.29) is 0 Å². The number of carbonyl (C=O) groups is 1. The zero-order chi connectivity index (χ0) is 12.3. The Balaban J connectivity index is 2.04. The lowest BCUT2D eigenvalue weighted by Crippen LogP contribution is -2.26. The van der Waals surface area contributed by atoms with E-state index >= 15 is 0 Å². The van der Waals surface area contributed by atoms with E-state index in [2.05, 4.69) is 19.1 Å². The molecule has 0 spiro atoms. The number of hydrogen-bond donors (Lipinski definition) is 0. The van der Waals surface area contributed by atoms with Crippen LogP contribution >= 0.6 is 11.6 Å². The fourth-order valence-corrected chi connectivity index (χ4v) is 2.97. The van der Waals surface area contributed by atoms with Crippen molar-refractivity contribution in [2.45, 2.75) is 39.0 Å². The van der Waals surface area contributed by atoms with Crippen LogP contribution in [0.25, 0.3) is 0 Å². The molecule has 0 N–H and O–H groups in total. The van der Waals surface area contributed by atoms with E-state index < -0.39 is 0 Å². The molecule has 0 bridgehead atoms. The minimum absolute atomic E-state index is 0.439. The molecule has 0 aromatic heterocycles. The molecule has 0 saturated heterocycles. The van der Waals surface area contributed by atoms with Crippen molar-refractivity contribution in [3.8, 4) is 0 Å². The van der Waals surface area contributed by atoms with E-state index in [1.54, 1.807) is 0 Å². The minimum Gasteiger partial charge on any atom is -0.300 e. The van der Waals surface area contributed by atoms with Gasteiger partial charge < -0.3 is 0 Å². The molecule has 0 aliphatic heterocycles. The molecule has 1 aromatic rings. The van der Waals surface area contributed by atoms with Crippen LogP contribution in [0.15, 0.2) is 24.3 Å². The van der Waals surface area contributed by atoms with Gasteiger partial charge in [-0.05, 0) is 42.4 Å². The monoisotopic (exact) mass is 250 g/mol. The number of Topliss-reactive ketones (excluding diaryl/α,β-unsaturated/α-hetero) is 1. The van der Waals surface area contributed by atoms with Gasteiger partial charge in [0, 0.05) is 17.9 Å². The van der Waals surface area contributed by atoms with Crippen LogP contribution in [0.2, 0.25) is 5.02 Å². The van der Waals surface area contributed by atoms with Crippen molar-refractivity contribution in [3.05, 3.63) is 34.9 Å². The van der Waals surface area contributed by atoms with Crippen molar-refractivity contribution >= 4 is 17.4 Å². The van der Waals surface area contributed by atoms with E-state index in [1.807, 2.05) is 12.1 Å². The van der Waals surface area contributed by atoms with E-state index in [1.165, 1.54) is 12.0 Å². The van der Waals surface area contributed by atoms with E-state index in [4.69, 9.17) is 11.6 Å². The highest BCUT2D eigenvalue weighted by Gasteiger charge is 2.27. The summed E-state index contributed by atoms with van der Waals surface area (Å²) in [6.45, 7) is 2.23. The van der Waals surface area contributed by atoms with Gasteiger partial charge >= 0.3 is 0 Å². The number of ketones is 1. The molecule has 1 nitrogen and oxygen atoms in total. The molecular weight excluding hydrogens is 232 g/mol. The van der Waals surface area contributed by atoms with E-state index in [0.29, 0.717) is 17.6 Å². The third-order valence-corrected chi connectivity index (χ3v) is 4.14. The second-order valence-electron chi connectivity index (χ2n) is 5.04. The van der Waals surface area contributed by atoms with Crippen molar-refractivity contribution in [1.29, 1.82) is 0 Å². The predicted octanol–water partition coefficient (Wildman–Crippen LogP) is 4.28. The maximum absolute atomic E-state index is 11.6. The fraction of sp³-hybridized carbons (Fsp3) is 0.533. The van der Waals surface area contributed by atoms with Crippen LogP contribution in [0.4, 0.5) is 0 Å². The molecule has 0 heterocycles. The number of hydrogen-bond acceptors (Lipinski definition) is 1. The molecule has 1 aliphatic carbocycles. The standard InChI is InChI=1S/C15H19ClO/c1-2-12-5-8-15(17)10-13(12)9-11-3-6-14(16)7-4-11/h3-4,6-7,12-13H,2,5,8-10H2,1H3. The Morgan fingerprint density at radius 1 is 1.24 bits per heavy atom. The molecule has 1 aliphatic rings. The molecule has 0 radical (unpaired) electrons. The maximum atomic E-state index is 11.6. The molecule has 2 atom stereocenters. The van der Waals surface area contributed by atoms with Gasteiger partial charge in [0.05, 0.1) is 0 Å². The topological polar surface area (TPSA) is 17.1 Å². The number of rotatable bonds is 3. The largest absolute Gasteiger partial charge is 0.300 e. The maximum Gasteiger partial charge on any atom is 0.133 e. The highest BCUT2D eigenvalue weighted by atomic mass is 35.5. The van der Waals surface area contributed by atoms with Crippen molar-refractivity contribution in [2.24, 2.45) is 11.8 Å². The Kier molecular flexibility index (Phi) is 4.22. The first kappa shape index (κ1) is 12.6.